The first-order valence-corrected chi connectivity index (χ1v) is 20.6. The molecule has 6 rings (SSSR count). The molecule has 1 amide bonds. The minimum Gasteiger partial charge on any atom is -0.464 e. The molecule has 2 unspecified atom stereocenters. The number of amides is 1. The second-order valence-corrected chi connectivity index (χ2v) is 16.7. The van der Waals surface area contributed by atoms with Crippen LogP contribution >= 0.6 is 0 Å². The van der Waals surface area contributed by atoms with Crippen LogP contribution < -0.4 is 15.2 Å². The molecule has 0 bridgehead atoms. The quantitative estimate of drug-likeness (QED) is 0.0717. The summed E-state index contributed by atoms with van der Waals surface area (Å²) in [6.45, 7) is 13.4. The van der Waals surface area contributed by atoms with E-state index in [1.807, 2.05) is 55.8 Å². The summed E-state index contributed by atoms with van der Waals surface area (Å²) in [5.74, 6) is -2.19. The van der Waals surface area contributed by atoms with Crippen molar-refractivity contribution in [3.05, 3.63) is 82.6 Å². The van der Waals surface area contributed by atoms with Gasteiger partial charge in [-0.15, -0.1) is 0 Å². The number of halogens is 4. The number of rotatable bonds is 14. The Labute approximate surface area is 352 Å². The average Bonchev–Trinajstić information content (AvgIpc) is 3.84. The van der Waals surface area contributed by atoms with Gasteiger partial charge in [0, 0.05) is 72.7 Å². The number of carbonyl (C=O) groups is 3. The van der Waals surface area contributed by atoms with Crippen LogP contribution in [0.4, 0.5) is 34.0 Å². The number of para-hydroxylation sites is 1. The van der Waals surface area contributed by atoms with Gasteiger partial charge in [-0.2, -0.15) is 18.3 Å². The van der Waals surface area contributed by atoms with Crippen molar-refractivity contribution in [3.8, 4) is 0 Å². The molecular formula is C44H53F4N7O6. The Morgan fingerprint density at radius 3 is 2.31 bits per heavy atom. The Hall–Kier alpha value is -5.74. The number of hydrogen-bond acceptors (Lipinski definition) is 11. The number of fused-ring (bicyclic) bond motifs is 2. The van der Waals surface area contributed by atoms with E-state index in [0.717, 1.165) is 34.9 Å². The van der Waals surface area contributed by atoms with Crippen LogP contribution in [0.3, 0.4) is 0 Å². The monoisotopic (exact) mass is 851 g/mol. The largest absolute Gasteiger partial charge is 0.464 e. The molecule has 61 heavy (non-hydrogen) atoms. The maximum atomic E-state index is 17.1. The molecule has 3 atom stereocenters. The first-order valence-electron chi connectivity index (χ1n) is 20.6. The van der Waals surface area contributed by atoms with E-state index in [0.29, 0.717) is 47.8 Å². The molecule has 4 aromatic rings. The van der Waals surface area contributed by atoms with Gasteiger partial charge in [0.15, 0.2) is 0 Å². The number of anilines is 2. The van der Waals surface area contributed by atoms with Gasteiger partial charge in [-0.3, -0.25) is 9.80 Å². The van der Waals surface area contributed by atoms with Crippen molar-refractivity contribution in [1.82, 2.24) is 20.3 Å². The van der Waals surface area contributed by atoms with Gasteiger partial charge in [0.2, 0.25) is 5.95 Å². The number of benzene rings is 2. The Morgan fingerprint density at radius 1 is 1.00 bits per heavy atom. The van der Waals surface area contributed by atoms with Gasteiger partial charge in [-0.05, 0) is 69.2 Å². The zero-order valence-electron chi connectivity index (χ0n) is 35.5. The number of ether oxygens (including phenoxy) is 3. The molecule has 0 radical (unpaired) electrons. The Kier molecular flexibility index (Phi) is 13.6. The highest BCUT2D eigenvalue weighted by molar-refractivity contribution is 5.96. The van der Waals surface area contributed by atoms with Crippen molar-refractivity contribution in [2.24, 2.45) is 16.9 Å². The van der Waals surface area contributed by atoms with Crippen LogP contribution in [0.25, 0.3) is 10.9 Å². The van der Waals surface area contributed by atoms with E-state index in [4.69, 9.17) is 19.3 Å². The van der Waals surface area contributed by atoms with E-state index in [2.05, 4.69) is 20.3 Å². The molecule has 0 saturated carbocycles. The van der Waals surface area contributed by atoms with Crippen molar-refractivity contribution in [3.63, 3.8) is 0 Å². The maximum Gasteiger partial charge on any atom is 0.419 e. The second-order valence-electron chi connectivity index (χ2n) is 16.7. The fourth-order valence-corrected chi connectivity index (χ4v) is 7.73. The number of nitrogens with one attached hydrogen (secondary N) is 2. The molecule has 1 fully saturated rings. The predicted octanol–water partition coefficient (Wildman–Crippen LogP) is 8.60. The molecule has 4 heterocycles. The van der Waals surface area contributed by atoms with Crippen molar-refractivity contribution in [1.29, 1.82) is 0 Å². The van der Waals surface area contributed by atoms with Crippen molar-refractivity contribution in [2.75, 3.05) is 29.6 Å². The number of aryl methyl sites for hydroxylation is 2. The first-order chi connectivity index (χ1) is 28.9. The van der Waals surface area contributed by atoms with E-state index in [9.17, 15) is 27.6 Å². The third-order valence-corrected chi connectivity index (χ3v) is 10.6. The molecular weight excluding hydrogens is 799 g/mol. The lowest BCUT2D eigenvalue weighted by atomic mass is 9.83. The van der Waals surface area contributed by atoms with Gasteiger partial charge in [0.25, 0.3) is 0 Å². The Morgan fingerprint density at radius 2 is 1.69 bits per heavy atom. The summed E-state index contributed by atoms with van der Waals surface area (Å²) in [6, 6.07) is 7.29. The van der Waals surface area contributed by atoms with Crippen LogP contribution in [-0.4, -0.2) is 70.0 Å². The number of piperidine rings is 1. The summed E-state index contributed by atoms with van der Waals surface area (Å²) in [5, 5.41) is 10.1. The zero-order valence-corrected chi connectivity index (χ0v) is 35.5. The lowest BCUT2D eigenvalue weighted by molar-refractivity contribution is -0.149. The van der Waals surface area contributed by atoms with Crippen molar-refractivity contribution >= 4 is 46.3 Å². The zero-order chi connectivity index (χ0) is 44.2. The fourth-order valence-electron chi connectivity index (χ4n) is 7.73. The average molecular weight is 852 g/mol. The van der Waals surface area contributed by atoms with Gasteiger partial charge in [-0.1, -0.05) is 45.9 Å². The van der Waals surface area contributed by atoms with E-state index in [1.165, 1.54) is 6.07 Å². The normalized spacial score (nSPS) is 17.3. The van der Waals surface area contributed by atoms with E-state index in [-0.39, 0.29) is 44.5 Å². The highest BCUT2D eigenvalue weighted by Gasteiger charge is 2.46. The summed E-state index contributed by atoms with van der Waals surface area (Å²) in [5.41, 5.74) is 3.25. The summed E-state index contributed by atoms with van der Waals surface area (Å²) >= 11 is 0. The van der Waals surface area contributed by atoms with Gasteiger partial charge < -0.3 is 29.4 Å². The highest BCUT2D eigenvalue weighted by Crippen LogP contribution is 2.47. The Balaban J connectivity index is 1.28. The predicted molar refractivity (Wildman–Crippen MR) is 221 cm³/mol. The first kappa shape index (κ1) is 44.8. The minimum absolute atomic E-state index is 0.0413. The third-order valence-electron chi connectivity index (χ3n) is 10.6. The number of alkyl carbamates (subject to hydrolysis) is 1. The van der Waals surface area contributed by atoms with E-state index >= 15 is 4.39 Å². The highest BCUT2D eigenvalue weighted by atomic mass is 19.4. The molecule has 2 aromatic heterocycles. The molecule has 17 heteroatoms. The van der Waals surface area contributed by atoms with Gasteiger partial charge in [-0.25, -0.2) is 23.9 Å². The number of aromatic amines is 1. The molecule has 13 nitrogen and oxygen atoms in total. The van der Waals surface area contributed by atoms with Crippen LogP contribution in [0, 0.1) is 17.7 Å². The SMILES string of the molecule is CCc1cccc(CC)c1N1N=C2CCN(c3ncc(C(F)(F)F)cn3)CC2C1c1c(F)cc(COC(=O)CC[C@H](NC(=O)OC(C)(C)C)C(=O)OCC(C)C)c2[nH]ccc12. The van der Waals surface area contributed by atoms with Gasteiger partial charge in [0.05, 0.1) is 29.4 Å². The number of esters is 2. The van der Waals surface area contributed by atoms with Crippen LogP contribution in [0.1, 0.15) is 102 Å². The molecule has 2 N–H and O–H groups in total. The topological polar surface area (TPSA) is 151 Å². The minimum atomic E-state index is -4.59. The number of alkyl halides is 3. The number of hydrogen-bond donors (Lipinski definition) is 2. The fraction of sp³-hybridized carbons (Fsp3) is 0.500. The van der Waals surface area contributed by atoms with Gasteiger partial charge >= 0.3 is 24.2 Å². The van der Waals surface area contributed by atoms with Crippen LogP contribution in [0.2, 0.25) is 0 Å². The Bertz CT molecular complexity index is 2230. The molecule has 2 aromatic carbocycles. The van der Waals surface area contributed by atoms with Gasteiger partial charge in [0.1, 0.15) is 24.1 Å². The smallest absolute Gasteiger partial charge is 0.419 e. The molecule has 0 spiro atoms. The summed E-state index contributed by atoms with van der Waals surface area (Å²) in [6.07, 6.45) is -0.770. The molecule has 2 aliphatic rings. The molecule has 328 valence electrons. The lowest BCUT2D eigenvalue weighted by Gasteiger charge is -2.36. The van der Waals surface area contributed by atoms with E-state index in [1.54, 1.807) is 33.0 Å². The number of H-pyrrole nitrogens is 1. The summed E-state index contributed by atoms with van der Waals surface area (Å²) in [7, 11) is 0. The molecule has 0 aliphatic carbocycles. The lowest BCUT2D eigenvalue weighted by Crippen LogP contribution is -2.44. The number of nitrogens with zero attached hydrogens (tertiary/aromatic N) is 5. The molecule has 2 aliphatic heterocycles. The molecule has 1 saturated heterocycles. The number of carbonyl (C=O) groups excluding carboxylic acids is 3. The van der Waals surface area contributed by atoms with E-state index < -0.39 is 59.2 Å². The number of hydrazone groups is 1. The van der Waals surface area contributed by atoms with Crippen LogP contribution in [0.15, 0.2) is 54.0 Å². The van der Waals surface area contributed by atoms with Crippen LogP contribution in [-0.2, 0) is 49.4 Å². The maximum absolute atomic E-state index is 17.1. The summed E-state index contributed by atoms with van der Waals surface area (Å²) < 4.78 is 73.4. The second kappa shape index (κ2) is 18.5. The van der Waals surface area contributed by atoms with Crippen molar-refractivity contribution < 1.29 is 46.2 Å². The number of aromatic nitrogens is 3. The third kappa shape index (κ3) is 10.4. The standard InChI is InChI=1S/C44H53F4N7O6/c1-8-26-11-10-12-27(9-2)38(26)55-39(31-22-54(18-16-33(31)53-55)41-50-20-29(21-51-41)44(46,47)48)36-30-15-17-49-37(30)28(19-32(36)45)24-59-35(56)14-13-34(40(57)60-23-25(3)4)52-42(58)61-43(5,6)7/h10-12,15,17,19-21,25,31,34,39,49H,8-9,13-14,16,18,22-24H2,1-7H3,(H,52,58)/t31?,34-,39?/m0/s1. The van der Waals surface area contributed by atoms with Crippen molar-refractivity contribution in [2.45, 2.75) is 111 Å². The van der Waals surface area contributed by atoms with Crippen LogP contribution in [0.5, 0.6) is 0 Å². The summed E-state index contributed by atoms with van der Waals surface area (Å²) in [4.78, 5) is 51.7.